The van der Waals surface area contributed by atoms with Crippen LogP contribution in [0.3, 0.4) is 0 Å². The molecular weight excluding hydrogens is 96.0 g/mol. The van der Waals surface area contributed by atoms with Gasteiger partial charge in [-0.25, -0.2) is 0 Å². The lowest BCUT2D eigenvalue weighted by molar-refractivity contribution is -0.206. The molecule has 3 heteroatoms. The normalized spacial score (nSPS) is 26.9. The number of hydrogen-bond donors (Lipinski definition) is 2. The molecule has 1 rings (SSSR count). The van der Waals surface area contributed by atoms with Gasteiger partial charge in [0.1, 0.15) is 5.78 Å². The van der Waals surface area contributed by atoms with Gasteiger partial charge in [0.15, 0.2) is 5.79 Å². The van der Waals surface area contributed by atoms with Gasteiger partial charge in [0.25, 0.3) is 0 Å². The lowest BCUT2D eigenvalue weighted by Crippen LogP contribution is -2.43. The molecule has 0 aromatic heterocycles. The molecule has 0 heterocycles. The van der Waals surface area contributed by atoms with Gasteiger partial charge in [-0.05, 0) is 0 Å². The molecule has 2 N–H and O–H groups in total. The fourth-order valence-corrected chi connectivity index (χ4v) is 0.580. The molecule has 3 nitrogen and oxygen atoms in total. The summed E-state index contributed by atoms with van der Waals surface area (Å²) in [5, 5.41) is 16.8. The summed E-state index contributed by atoms with van der Waals surface area (Å²) in [6.07, 6.45) is -0.181. The van der Waals surface area contributed by atoms with E-state index in [2.05, 4.69) is 0 Å². The number of carbonyl (C=O) groups is 1. The standard InChI is InChI=1S/C4H6O3/c5-3-1-4(6,7)2-3/h6-7H,1-2H2. The molecule has 0 aromatic rings. The maximum atomic E-state index is 9.99. The van der Waals surface area contributed by atoms with Crippen molar-refractivity contribution in [2.45, 2.75) is 18.6 Å². The largest absolute Gasteiger partial charge is 0.365 e. The summed E-state index contributed by atoms with van der Waals surface area (Å²) >= 11 is 0. The minimum Gasteiger partial charge on any atom is -0.365 e. The zero-order valence-corrected chi connectivity index (χ0v) is 3.72. The molecule has 0 amide bonds. The maximum Gasteiger partial charge on any atom is 0.176 e. The van der Waals surface area contributed by atoms with Crippen LogP contribution >= 0.6 is 0 Å². The fraction of sp³-hybridized carbons (Fsp3) is 0.750. The Kier molecular flexibility index (Phi) is 0.711. The topological polar surface area (TPSA) is 57.5 Å². The van der Waals surface area contributed by atoms with Gasteiger partial charge in [-0.2, -0.15) is 0 Å². The fourth-order valence-electron chi connectivity index (χ4n) is 0.580. The van der Waals surface area contributed by atoms with E-state index in [1.54, 1.807) is 0 Å². The Morgan fingerprint density at radius 1 is 1.43 bits per heavy atom. The molecule has 0 aliphatic heterocycles. The van der Waals surface area contributed by atoms with E-state index in [1.165, 1.54) is 0 Å². The molecule has 1 aliphatic carbocycles. The van der Waals surface area contributed by atoms with Gasteiger partial charge in [0.05, 0.1) is 12.8 Å². The van der Waals surface area contributed by atoms with Crippen LogP contribution in [0, 0.1) is 0 Å². The van der Waals surface area contributed by atoms with Gasteiger partial charge in [-0.15, -0.1) is 0 Å². The third-order valence-electron chi connectivity index (χ3n) is 0.961. The molecule has 0 radical (unpaired) electrons. The summed E-state index contributed by atoms with van der Waals surface area (Å²) in [4.78, 5) is 9.99. The maximum absolute atomic E-state index is 9.99. The first-order valence-electron chi connectivity index (χ1n) is 2.07. The molecular formula is C4H6O3. The molecule has 0 unspecified atom stereocenters. The second-order valence-electron chi connectivity index (χ2n) is 1.87. The van der Waals surface area contributed by atoms with Crippen LogP contribution in [0.2, 0.25) is 0 Å². The molecule has 0 spiro atoms. The minimum atomic E-state index is -1.66. The number of aliphatic hydroxyl groups is 2. The van der Waals surface area contributed by atoms with Gasteiger partial charge in [-0.3, -0.25) is 4.79 Å². The van der Waals surface area contributed by atoms with Gasteiger partial charge in [0.2, 0.25) is 0 Å². The van der Waals surface area contributed by atoms with Crippen molar-refractivity contribution in [2.24, 2.45) is 0 Å². The Morgan fingerprint density at radius 2 is 1.86 bits per heavy atom. The molecule has 1 fully saturated rings. The first-order valence-corrected chi connectivity index (χ1v) is 2.07. The third-order valence-corrected chi connectivity index (χ3v) is 0.961. The predicted octanol–water partition coefficient (Wildman–Crippen LogP) is -0.970. The number of rotatable bonds is 0. The van der Waals surface area contributed by atoms with Crippen LogP contribution in [-0.2, 0) is 4.79 Å². The smallest absolute Gasteiger partial charge is 0.176 e. The Labute approximate surface area is 40.6 Å². The van der Waals surface area contributed by atoms with E-state index in [4.69, 9.17) is 10.2 Å². The number of Topliss-reactive ketones (excluding diaryl/α,β-unsaturated/α-hetero) is 1. The van der Waals surface area contributed by atoms with Crippen LogP contribution < -0.4 is 0 Å². The highest BCUT2D eigenvalue weighted by molar-refractivity contribution is 5.86. The average Bonchev–Trinajstić information content (AvgIpc) is 1.27. The highest BCUT2D eigenvalue weighted by Gasteiger charge is 2.39. The van der Waals surface area contributed by atoms with E-state index in [0.717, 1.165) is 0 Å². The van der Waals surface area contributed by atoms with Crippen molar-refractivity contribution in [3.05, 3.63) is 0 Å². The van der Waals surface area contributed by atoms with Crippen LogP contribution in [0.5, 0.6) is 0 Å². The van der Waals surface area contributed by atoms with Crippen molar-refractivity contribution in [2.75, 3.05) is 0 Å². The van der Waals surface area contributed by atoms with Crippen LogP contribution in [0.25, 0.3) is 0 Å². The molecule has 40 valence electrons. The Bertz CT molecular complexity index is 95.5. The summed E-state index contributed by atoms with van der Waals surface area (Å²) in [7, 11) is 0. The summed E-state index contributed by atoms with van der Waals surface area (Å²) < 4.78 is 0. The predicted molar refractivity (Wildman–Crippen MR) is 21.4 cm³/mol. The molecule has 1 aliphatic rings. The molecule has 1 saturated carbocycles. The van der Waals surface area contributed by atoms with Crippen molar-refractivity contribution in [3.63, 3.8) is 0 Å². The SMILES string of the molecule is O=C1CC(O)(O)C1. The van der Waals surface area contributed by atoms with E-state index in [0.29, 0.717) is 0 Å². The lowest BCUT2D eigenvalue weighted by Gasteiger charge is -2.28. The van der Waals surface area contributed by atoms with Crippen molar-refractivity contribution in [3.8, 4) is 0 Å². The third kappa shape index (κ3) is 0.783. The summed E-state index contributed by atoms with van der Waals surface area (Å²) in [6, 6.07) is 0. The highest BCUT2D eigenvalue weighted by atomic mass is 16.5. The quantitative estimate of drug-likeness (QED) is 0.387. The number of ketones is 1. The monoisotopic (exact) mass is 102 g/mol. The van der Waals surface area contributed by atoms with Gasteiger partial charge in [-0.1, -0.05) is 0 Å². The van der Waals surface area contributed by atoms with E-state index in [9.17, 15) is 4.79 Å². The first kappa shape index (κ1) is 4.74. The van der Waals surface area contributed by atoms with E-state index < -0.39 is 5.79 Å². The minimum absolute atomic E-state index is 0.0787. The van der Waals surface area contributed by atoms with Gasteiger partial charge >= 0.3 is 0 Å². The first-order chi connectivity index (χ1) is 3.10. The molecule has 7 heavy (non-hydrogen) atoms. The Morgan fingerprint density at radius 3 is 1.86 bits per heavy atom. The van der Waals surface area contributed by atoms with Crippen LogP contribution in [0.1, 0.15) is 12.8 Å². The van der Waals surface area contributed by atoms with Crippen LogP contribution in [-0.4, -0.2) is 21.8 Å². The second kappa shape index (κ2) is 1.05. The van der Waals surface area contributed by atoms with Crippen molar-refractivity contribution < 1.29 is 15.0 Å². The van der Waals surface area contributed by atoms with Crippen LogP contribution in [0.4, 0.5) is 0 Å². The van der Waals surface area contributed by atoms with Crippen molar-refractivity contribution >= 4 is 5.78 Å². The van der Waals surface area contributed by atoms with E-state index >= 15 is 0 Å². The van der Waals surface area contributed by atoms with Gasteiger partial charge < -0.3 is 10.2 Å². The summed E-state index contributed by atoms with van der Waals surface area (Å²) in [6.45, 7) is 0. The number of hydrogen-bond acceptors (Lipinski definition) is 3. The molecule has 0 saturated heterocycles. The summed E-state index contributed by atoms with van der Waals surface area (Å²) in [5.74, 6) is -1.73. The molecule has 0 aromatic carbocycles. The molecule has 0 atom stereocenters. The van der Waals surface area contributed by atoms with Crippen LogP contribution in [0.15, 0.2) is 0 Å². The van der Waals surface area contributed by atoms with Gasteiger partial charge in [0, 0.05) is 0 Å². The zero-order chi connectivity index (χ0) is 5.49. The highest BCUT2D eigenvalue weighted by Crippen LogP contribution is 2.23. The Hall–Kier alpha value is -0.410. The Balaban J connectivity index is 2.43. The van der Waals surface area contributed by atoms with E-state index in [-0.39, 0.29) is 18.6 Å². The second-order valence-corrected chi connectivity index (χ2v) is 1.87. The zero-order valence-electron chi connectivity index (χ0n) is 3.72. The lowest BCUT2D eigenvalue weighted by atomic mass is 9.90. The van der Waals surface area contributed by atoms with Crippen molar-refractivity contribution in [1.82, 2.24) is 0 Å². The number of carbonyl (C=O) groups excluding carboxylic acids is 1. The van der Waals surface area contributed by atoms with Crippen molar-refractivity contribution in [1.29, 1.82) is 0 Å². The molecule has 0 bridgehead atoms. The van der Waals surface area contributed by atoms with E-state index in [1.807, 2.05) is 0 Å². The summed E-state index contributed by atoms with van der Waals surface area (Å²) in [5.41, 5.74) is 0. The average molecular weight is 102 g/mol.